The maximum absolute atomic E-state index is 12.0. The Balaban J connectivity index is 2.22. The minimum absolute atomic E-state index is 0.182. The van der Waals surface area contributed by atoms with Gasteiger partial charge in [-0.05, 0) is 12.1 Å². The summed E-state index contributed by atoms with van der Waals surface area (Å²) in [4.78, 5) is 35.0. The third-order valence-electron chi connectivity index (χ3n) is 2.41. The second kappa shape index (κ2) is 5.59. The summed E-state index contributed by atoms with van der Waals surface area (Å²) in [6.07, 6.45) is 1.44. The first kappa shape index (κ1) is 14.5. The van der Waals surface area contributed by atoms with Crippen LogP contribution in [0, 0.1) is 0 Å². The van der Waals surface area contributed by atoms with Crippen LogP contribution in [0.15, 0.2) is 21.5 Å². The average molecular weight is 311 g/mol. The van der Waals surface area contributed by atoms with Gasteiger partial charge < -0.3 is 9.52 Å². The summed E-state index contributed by atoms with van der Waals surface area (Å²) in [5.74, 6) is -1.31. The molecule has 104 valence electrons. The van der Waals surface area contributed by atoms with E-state index in [-0.39, 0.29) is 20.8 Å². The number of carbonyl (C=O) groups is 3. The number of thioether (sulfide) groups is 1. The van der Waals surface area contributed by atoms with Crippen molar-refractivity contribution in [2.75, 3.05) is 6.54 Å². The fraction of sp³-hybridized carbons (Fsp3) is 0.167. The topological polar surface area (TPSA) is 87.8 Å². The van der Waals surface area contributed by atoms with Gasteiger partial charge in [0.1, 0.15) is 16.6 Å². The highest BCUT2D eigenvalue weighted by Gasteiger charge is 2.33. The number of nitrogens with zero attached hydrogens (tertiary/aromatic N) is 1. The Kier molecular flexibility index (Phi) is 4.05. The molecule has 1 N–H and O–H groups in total. The maximum Gasteiger partial charge on any atom is 0.323 e. The number of hydrogen-bond donors (Lipinski definition) is 1. The molecule has 1 aliphatic heterocycles. The van der Waals surface area contributed by atoms with Gasteiger partial charge in [0.25, 0.3) is 5.91 Å². The number of hydrogen-bond acceptors (Lipinski definition) is 6. The molecule has 0 bridgehead atoms. The highest BCUT2D eigenvalue weighted by atomic mass is 32.2. The number of furan rings is 1. The van der Waals surface area contributed by atoms with E-state index < -0.39 is 18.4 Å². The summed E-state index contributed by atoms with van der Waals surface area (Å²) in [5.41, 5.74) is 0. The van der Waals surface area contributed by atoms with Gasteiger partial charge in [-0.1, -0.05) is 24.0 Å². The molecule has 6 nitrogen and oxygen atoms in total. The van der Waals surface area contributed by atoms with Crippen LogP contribution < -0.4 is 0 Å². The number of carbonyl (C=O) groups excluding carboxylic acids is 2. The Hall–Kier alpha value is -1.93. The zero-order chi connectivity index (χ0) is 14.9. The number of carboxylic acid groups (broad SMARTS) is 1. The lowest BCUT2D eigenvalue weighted by atomic mass is 10.3. The van der Waals surface area contributed by atoms with Gasteiger partial charge in [-0.2, -0.15) is 0 Å². The number of carboxylic acids is 1. The Labute approximate surface area is 123 Å². The molecule has 1 amide bonds. The zero-order valence-electron chi connectivity index (χ0n) is 10.3. The van der Waals surface area contributed by atoms with Gasteiger partial charge in [0.05, 0.1) is 4.91 Å². The molecule has 0 unspecified atom stereocenters. The van der Waals surface area contributed by atoms with Crippen LogP contribution in [0.4, 0.5) is 0 Å². The van der Waals surface area contributed by atoms with Gasteiger partial charge >= 0.3 is 5.97 Å². The Morgan fingerprint density at radius 3 is 2.75 bits per heavy atom. The van der Waals surface area contributed by atoms with E-state index in [1.54, 1.807) is 6.07 Å². The summed E-state index contributed by atoms with van der Waals surface area (Å²) in [6.45, 7) is 0.897. The number of amides is 1. The Morgan fingerprint density at radius 1 is 1.50 bits per heavy atom. The molecule has 1 saturated heterocycles. The summed E-state index contributed by atoms with van der Waals surface area (Å²) in [5, 5.41) is 8.71. The summed E-state index contributed by atoms with van der Waals surface area (Å²) >= 11 is 5.95. The van der Waals surface area contributed by atoms with Crippen molar-refractivity contribution in [1.29, 1.82) is 0 Å². The monoisotopic (exact) mass is 311 g/mol. The van der Waals surface area contributed by atoms with Crippen LogP contribution in [0.5, 0.6) is 0 Å². The van der Waals surface area contributed by atoms with Crippen molar-refractivity contribution in [1.82, 2.24) is 4.90 Å². The van der Waals surface area contributed by atoms with Crippen LogP contribution >= 0.6 is 24.0 Å². The molecule has 0 radical (unpaired) electrons. The van der Waals surface area contributed by atoms with Crippen LogP contribution in [0.25, 0.3) is 6.08 Å². The molecule has 0 aliphatic carbocycles. The molecule has 0 atom stereocenters. The Bertz CT molecular complexity index is 646. The van der Waals surface area contributed by atoms with Gasteiger partial charge in [0.15, 0.2) is 11.5 Å². The van der Waals surface area contributed by atoms with Gasteiger partial charge in [-0.15, -0.1) is 0 Å². The second-order valence-corrected chi connectivity index (χ2v) is 5.60. The van der Waals surface area contributed by atoms with E-state index in [0.29, 0.717) is 5.76 Å². The van der Waals surface area contributed by atoms with Crippen molar-refractivity contribution in [2.24, 2.45) is 0 Å². The van der Waals surface area contributed by atoms with Crippen molar-refractivity contribution in [3.63, 3.8) is 0 Å². The molecule has 1 aromatic rings. The highest BCUT2D eigenvalue weighted by molar-refractivity contribution is 8.26. The summed E-state index contributed by atoms with van der Waals surface area (Å²) < 4.78 is 5.42. The van der Waals surface area contributed by atoms with E-state index in [4.69, 9.17) is 21.7 Å². The van der Waals surface area contributed by atoms with Crippen LogP contribution in [-0.2, 0) is 9.59 Å². The first-order chi connectivity index (χ1) is 9.38. The molecule has 2 heterocycles. The lowest BCUT2D eigenvalue weighted by molar-refractivity contribution is -0.140. The number of rotatable bonds is 4. The van der Waals surface area contributed by atoms with E-state index in [2.05, 4.69) is 0 Å². The fourth-order valence-electron chi connectivity index (χ4n) is 1.52. The third-order valence-corrected chi connectivity index (χ3v) is 3.79. The molecule has 1 fully saturated rings. The smallest absolute Gasteiger partial charge is 0.323 e. The van der Waals surface area contributed by atoms with Gasteiger partial charge in [0.2, 0.25) is 0 Å². The van der Waals surface area contributed by atoms with Crippen molar-refractivity contribution in [3.05, 3.63) is 28.6 Å². The SMILES string of the molecule is CC(=O)c1ccc(C=C2SC(=S)N(CC(=O)O)C2=O)o1. The van der Waals surface area contributed by atoms with Crippen LogP contribution in [0.1, 0.15) is 23.2 Å². The zero-order valence-corrected chi connectivity index (χ0v) is 11.9. The number of thiocarbonyl (C=S) groups is 1. The first-order valence-corrected chi connectivity index (χ1v) is 6.69. The van der Waals surface area contributed by atoms with Crippen LogP contribution in [-0.4, -0.2) is 38.5 Å². The summed E-state index contributed by atoms with van der Waals surface area (Å²) in [7, 11) is 0. The molecular formula is C12H9NO5S2. The molecule has 8 heteroatoms. The quantitative estimate of drug-likeness (QED) is 0.515. The lowest BCUT2D eigenvalue weighted by Crippen LogP contribution is -2.33. The number of aliphatic carboxylic acids is 1. The third kappa shape index (κ3) is 2.97. The fourth-order valence-corrected chi connectivity index (χ4v) is 2.76. The molecule has 0 aromatic carbocycles. The molecule has 2 rings (SSSR count). The predicted octanol–water partition coefficient (Wildman–Crippen LogP) is 1.77. The van der Waals surface area contributed by atoms with E-state index >= 15 is 0 Å². The minimum atomic E-state index is -1.14. The number of Topliss-reactive ketones (excluding diaryl/α,β-unsaturated/α-hetero) is 1. The minimum Gasteiger partial charge on any atom is -0.480 e. The van der Waals surface area contributed by atoms with Gasteiger partial charge in [0, 0.05) is 13.0 Å². The van der Waals surface area contributed by atoms with Crippen LogP contribution in [0.2, 0.25) is 0 Å². The Morgan fingerprint density at radius 2 is 2.20 bits per heavy atom. The number of ketones is 1. The summed E-state index contributed by atoms with van der Waals surface area (Å²) in [6, 6.07) is 3.06. The normalized spacial score (nSPS) is 17.1. The molecule has 0 saturated carbocycles. The first-order valence-electron chi connectivity index (χ1n) is 5.46. The van der Waals surface area contributed by atoms with Crippen molar-refractivity contribution < 1.29 is 23.9 Å². The molecule has 0 spiro atoms. The molecule has 20 heavy (non-hydrogen) atoms. The van der Waals surface area contributed by atoms with Crippen molar-refractivity contribution in [3.8, 4) is 0 Å². The second-order valence-electron chi connectivity index (χ2n) is 3.92. The van der Waals surface area contributed by atoms with E-state index in [9.17, 15) is 14.4 Å². The van der Waals surface area contributed by atoms with Crippen molar-refractivity contribution in [2.45, 2.75) is 6.92 Å². The maximum atomic E-state index is 12.0. The molecule has 1 aromatic heterocycles. The van der Waals surface area contributed by atoms with Gasteiger partial charge in [-0.25, -0.2) is 0 Å². The average Bonchev–Trinajstić information content (AvgIpc) is 2.91. The van der Waals surface area contributed by atoms with Crippen molar-refractivity contribution >= 4 is 52.0 Å². The van der Waals surface area contributed by atoms with Crippen LogP contribution in [0.3, 0.4) is 0 Å². The molecule has 1 aliphatic rings. The standard InChI is InChI=1S/C12H9NO5S2/c1-6(14)8-3-2-7(18-8)4-9-11(17)13(5-10(15)16)12(19)20-9/h2-4H,5H2,1H3,(H,15,16). The largest absolute Gasteiger partial charge is 0.480 e. The van der Waals surface area contributed by atoms with E-state index in [0.717, 1.165) is 16.7 Å². The lowest BCUT2D eigenvalue weighted by Gasteiger charge is -2.09. The van der Waals surface area contributed by atoms with Gasteiger partial charge in [-0.3, -0.25) is 19.3 Å². The molecular weight excluding hydrogens is 302 g/mol. The van der Waals surface area contributed by atoms with E-state index in [1.165, 1.54) is 19.1 Å². The highest BCUT2D eigenvalue weighted by Crippen LogP contribution is 2.32. The van der Waals surface area contributed by atoms with E-state index in [1.807, 2.05) is 0 Å². The predicted molar refractivity (Wildman–Crippen MR) is 76.2 cm³/mol.